The molecule has 0 spiro atoms. The van der Waals surface area contributed by atoms with E-state index in [1.807, 2.05) is 39.0 Å². The summed E-state index contributed by atoms with van der Waals surface area (Å²) in [7, 11) is -0.614. The SMILES string of the molecule is COc1cccc(CN(C(=O)CCCN(c2ccc(OC)c(Cl)c2)S(C)(=O)=O)C(C)C(=O)NC(C)(C)C)c1. The molecule has 2 amide bonds. The first-order valence-corrected chi connectivity index (χ1v) is 14.4. The zero-order valence-electron chi connectivity index (χ0n) is 23.1. The smallest absolute Gasteiger partial charge is 0.242 e. The van der Waals surface area contributed by atoms with Crippen LogP contribution in [0.2, 0.25) is 5.02 Å². The second-order valence-corrected chi connectivity index (χ2v) is 12.4. The molecule has 38 heavy (non-hydrogen) atoms. The van der Waals surface area contributed by atoms with E-state index in [0.717, 1.165) is 11.8 Å². The molecule has 2 aromatic rings. The summed E-state index contributed by atoms with van der Waals surface area (Å²) in [4.78, 5) is 27.9. The highest BCUT2D eigenvalue weighted by Crippen LogP contribution is 2.30. The molecule has 0 radical (unpaired) electrons. The molecule has 2 rings (SSSR count). The summed E-state index contributed by atoms with van der Waals surface area (Å²) >= 11 is 6.20. The number of benzene rings is 2. The summed E-state index contributed by atoms with van der Waals surface area (Å²) in [6.45, 7) is 7.55. The quantitative estimate of drug-likeness (QED) is 0.411. The van der Waals surface area contributed by atoms with Crippen LogP contribution in [0.15, 0.2) is 42.5 Å². The molecule has 1 atom stereocenters. The van der Waals surface area contributed by atoms with Crippen molar-refractivity contribution in [3.63, 3.8) is 0 Å². The van der Waals surface area contributed by atoms with Gasteiger partial charge in [-0.05, 0) is 70.0 Å². The number of sulfonamides is 1. The monoisotopic (exact) mass is 567 g/mol. The number of rotatable bonds is 12. The van der Waals surface area contributed by atoms with Gasteiger partial charge in [0.05, 0.1) is 31.2 Å². The predicted octanol–water partition coefficient (Wildman–Crippen LogP) is 4.24. The lowest BCUT2D eigenvalue weighted by Crippen LogP contribution is -2.52. The average molecular weight is 568 g/mol. The highest BCUT2D eigenvalue weighted by Gasteiger charge is 2.29. The minimum Gasteiger partial charge on any atom is -0.497 e. The third-order valence-corrected chi connectivity index (χ3v) is 7.22. The van der Waals surface area contributed by atoms with Gasteiger partial charge in [-0.1, -0.05) is 23.7 Å². The van der Waals surface area contributed by atoms with E-state index in [0.29, 0.717) is 17.2 Å². The second kappa shape index (κ2) is 13.2. The Morgan fingerprint density at radius 3 is 2.32 bits per heavy atom. The van der Waals surface area contributed by atoms with E-state index < -0.39 is 21.6 Å². The summed E-state index contributed by atoms with van der Waals surface area (Å²) in [6, 6.07) is 11.2. The van der Waals surface area contributed by atoms with Gasteiger partial charge in [0.15, 0.2) is 0 Å². The maximum atomic E-state index is 13.4. The summed E-state index contributed by atoms with van der Waals surface area (Å²) in [5.41, 5.74) is 0.710. The standard InChI is InChI=1S/C27H38ClN3O6S/c1-19(26(33)29-27(2,3)4)30(18-20-10-8-11-22(16-20)36-5)25(32)12-9-15-31(38(7,34)35)21-13-14-24(37-6)23(28)17-21/h8,10-11,13-14,16-17,19H,9,12,15,18H2,1-7H3,(H,29,33). The third-order valence-electron chi connectivity index (χ3n) is 5.73. The van der Waals surface area contributed by atoms with Crippen LogP contribution in [-0.2, 0) is 26.2 Å². The maximum Gasteiger partial charge on any atom is 0.242 e. The van der Waals surface area contributed by atoms with Crippen LogP contribution in [0.1, 0.15) is 46.1 Å². The van der Waals surface area contributed by atoms with Crippen molar-refractivity contribution >= 4 is 39.1 Å². The first kappa shape index (κ1) is 31.2. The third kappa shape index (κ3) is 9.09. The van der Waals surface area contributed by atoms with Gasteiger partial charge in [-0.2, -0.15) is 0 Å². The van der Waals surface area contributed by atoms with E-state index in [1.54, 1.807) is 32.2 Å². The Morgan fingerprint density at radius 1 is 1.08 bits per heavy atom. The Bertz CT molecular complexity index is 1230. The topological polar surface area (TPSA) is 105 Å². The number of anilines is 1. The zero-order chi connectivity index (χ0) is 28.7. The number of nitrogens with zero attached hydrogens (tertiary/aromatic N) is 2. The van der Waals surface area contributed by atoms with Crippen LogP contribution in [-0.4, -0.2) is 63.7 Å². The van der Waals surface area contributed by atoms with Crippen LogP contribution in [0, 0.1) is 0 Å². The predicted molar refractivity (Wildman–Crippen MR) is 150 cm³/mol. The van der Waals surface area contributed by atoms with Gasteiger partial charge in [0.25, 0.3) is 0 Å². The normalized spacial score (nSPS) is 12.4. The fraction of sp³-hybridized carbons (Fsp3) is 0.481. The summed E-state index contributed by atoms with van der Waals surface area (Å²) < 4.78 is 36.7. The molecular weight excluding hydrogens is 530 g/mol. The minimum absolute atomic E-state index is 0.0347. The Hall–Kier alpha value is -2.98. The van der Waals surface area contributed by atoms with Crippen LogP contribution in [0.25, 0.3) is 0 Å². The van der Waals surface area contributed by atoms with Crippen LogP contribution < -0.4 is 19.1 Å². The molecule has 0 aliphatic rings. The number of methoxy groups -OCH3 is 2. The second-order valence-electron chi connectivity index (χ2n) is 10.0. The number of amides is 2. The Balaban J connectivity index is 2.23. The average Bonchev–Trinajstić information content (AvgIpc) is 2.82. The summed E-state index contributed by atoms with van der Waals surface area (Å²) in [5.74, 6) is 0.517. The van der Waals surface area contributed by atoms with Crippen molar-refractivity contribution in [3.8, 4) is 11.5 Å². The van der Waals surface area contributed by atoms with Gasteiger partial charge in [0.1, 0.15) is 17.5 Å². The molecule has 210 valence electrons. The molecule has 0 saturated heterocycles. The number of ether oxygens (including phenoxy) is 2. The fourth-order valence-corrected chi connectivity index (χ4v) is 5.05. The zero-order valence-corrected chi connectivity index (χ0v) is 24.6. The van der Waals surface area contributed by atoms with E-state index >= 15 is 0 Å². The molecule has 0 aliphatic heterocycles. The van der Waals surface area contributed by atoms with E-state index in [1.165, 1.54) is 22.4 Å². The van der Waals surface area contributed by atoms with Crippen LogP contribution in [0.5, 0.6) is 11.5 Å². The van der Waals surface area contributed by atoms with Crippen molar-refractivity contribution in [3.05, 3.63) is 53.1 Å². The van der Waals surface area contributed by atoms with Gasteiger partial charge < -0.3 is 19.7 Å². The lowest BCUT2D eigenvalue weighted by molar-refractivity contribution is -0.141. The van der Waals surface area contributed by atoms with Crippen LogP contribution >= 0.6 is 11.6 Å². The Kier molecular flexibility index (Phi) is 10.8. The first-order chi connectivity index (χ1) is 17.7. The number of hydrogen-bond acceptors (Lipinski definition) is 6. The molecule has 0 aromatic heterocycles. The first-order valence-electron chi connectivity index (χ1n) is 12.2. The van der Waals surface area contributed by atoms with Gasteiger partial charge in [-0.3, -0.25) is 13.9 Å². The van der Waals surface area contributed by atoms with E-state index in [9.17, 15) is 18.0 Å². The summed E-state index contributed by atoms with van der Waals surface area (Å²) in [6.07, 6.45) is 1.37. The molecule has 0 aliphatic carbocycles. The highest BCUT2D eigenvalue weighted by molar-refractivity contribution is 7.92. The van der Waals surface area contributed by atoms with Crippen molar-refractivity contribution < 1.29 is 27.5 Å². The largest absolute Gasteiger partial charge is 0.497 e. The van der Waals surface area contributed by atoms with Gasteiger partial charge in [-0.15, -0.1) is 0 Å². The number of nitrogens with one attached hydrogen (secondary N) is 1. The van der Waals surface area contributed by atoms with Crippen LogP contribution in [0.3, 0.4) is 0 Å². The van der Waals surface area contributed by atoms with Crippen molar-refractivity contribution in [2.24, 2.45) is 0 Å². The van der Waals surface area contributed by atoms with Crippen molar-refractivity contribution in [1.29, 1.82) is 0 Å². The molecule has 1 unspecified atom stereocenters. The number of carbonyl (C=O) groups excluding carboxylic acids is 2. The summed E-state index contributed by atoms with van der Waals surface area (Å²) in [5, 5.41) is 3.20. The minimum atomic E-state index is -3.65. The lowest BCUT2D eigenvalue weighted by Gasteiger charge is -2.32. The van der Waals surface area contributed by atoms with Crippen molar-refractivity contribution in [2.75, 3.05) is 31.3 Å². The molecule has 1 N–H and O–H groups in total. The van der Waals surface area contributed by atoms with E-state index in [-0.39, 0.29) is 42.8 Å². The molecule has 11 heteroatoms. The molecule has 2 aromatic carbocycles. The number of halogens is 1. The highest BCUT2D eigenvalue weighted by atomic mass is 35.5. The van der Waals surface area contributed by atoms with Gasteiger partial charge >= 0.3 is 0 Å². The number of carbonyl (C=O) groups is 2. The van der Waals surface area contributed by atoms with Crippen molar-refractivity contribution in [2.45, 2.75) is 58.7 Å². The van der Waals surface area contributed by atoms with Crippen LogP contribution in [0.4, 0.5) is 5.69 Å². The fourth-order valence-electron chi connectivity index (χ4n) is 3.84. The maximum absolute atomic E-state index is 13.4. The molecular formula is C27H38ClN3O6S. The lowest BCUT2D eigenvalue weighted by atomic mass is 10.1. The molecule has 9 nitrogen and oxygen atoms in total. The molecule has 0 fully saturated rings. The van der Waals surface area contributed by atoms with Gasteiger partial charge in [-0.25, -0.2) is 8.42 Å². The van der Waals surface area contributed by atoms with E-state index in [2.05, 4.69) is 5.32 Å². The van der Waals surface area contributed by atoms with Gasteiger partial charge in [0, 0.05) is 25.0 Å². The molecule has 0 saturated carbocycles. The molecule has 0 bridgehead atoms. The molecule has 0 heterocycles. The van der Waals surface area contributed by atoms with Crippen molar-refractivity contribution in [1.82, 2.24) is 10.2 Å². The number of hydrogen-bond donors (Lipinski definition) is 1. The Morgan fingerprint density at radius 2 is 1.76 bits per heavy atom. The van der Waals surface area contributed by atoms with E-state index in [4.69, 9.17) is 21.1 Å². The van der Waals surface area contributed by atoms with Gasteiger partial charge in [0.2, 0.25) is 21.8 Å². The Labute approximate surface area is 231 Å².